The molecule has 0 aliphatic heterocycles. The van der Waals surface area contributed by atoms with Gasteiger partial charge in [0.15, 0.2) is 0 Å². The van der Waals surface area contributed by atoms with Crippen molar-refractivity contribution in [3.8, 4) is 6.07 Å². The standard InChI is InChI=1S/C17H17FN2O/c18-15-7-5-12(9-13(15)10-19)17-14(6-8-16(17)20-21)11-3-1-2-4-11/h5,7,9,11,21H,1-4,6,8H2. The van der Waals surface area contributed by atoms with Gasteiger partial charge in [-0.2, -0.15) is 5.26 Å². The summed E-state index contributed by atoms with van der Waals surface area (Å²) in [7, 11) is 0. The van der Waals surface area contributed by atoms with Gasteiger partial charge < -0.3 is 5.21 Å². The average Bonchev–Trinajstić information content (AvgIpc) is 3.16. The van der Waals surface area contributed by atoms with Crippen LogP contribution in [0, 0.1) is 23.1 Å². The molecule has 21 heavy (non-hydrogen) atoms. The van der Waals surface area contributed by atoms with Crippen LogP contribution < -0.4 is 0 Å². The highest BCUT2D eigenvalue weighted by molar-refractivity contribution is 6.26. The molecule has 0 unspecified atom stereocenters. The van der Waals surface area contributed by atoms with Gasteiger partial charge in [0.1, 0.15) is 11.9 Å². The van der Waals surface area contributed by atoms with E-state index in [-0.39, 0.29) is 5.56 Å². The maximum Gasteiger partial charge on any atom is 0.140 e. The lowest BCUT2D eigenvalue weighted by Crippen LogP contribution is -2.02. The van der Waals surface area contributed by atoms with Crippen molar-refractivity contribution in [1.82, 2.24) is 0 Å². The van der Waals surface area contributed by atoms with Gasteiger partial charge in [-0.05, 0) is 49.3 Å². The van der Waals surface area contributed by atoms with Crippen LogP contribution >= 0.6 is 0 Å². The van der Waals surface area contributed by atoms with Gasteiger partial charge >= 0.3 is 0 Å². The van der Waals surface area contributed by atoms with Gasteiger partial charge in [0, 0.05) is 5.57 Å². The molecule has 2 aliphatic rings. The maximum absolute atomic E-state index is 13.5. The topological polar surface area (TPSA) is 56.4 Å². The number of hydrogen-bond donors (Lipinski definition) is 1. The minimum absolute atomic E-state index is 0.0370. The lowest BCUT2D eigenvalue weighted by Gasteiger charge is -2.14. The van der Waals surface area contributed by atoms with Crippen molar-refractivity contribution in [2.45, 2.75) is 38.5 Å². The zero-order valence-electron chi connectivity index (χ0n) is 11.8. The first-order valence-corrected chi connectivity index (χ1v) is 7.39. The third kappa shape index (κ3) is 2.44. The number of nitrogens with zero attached hydrogens (tertiary/aromatic N) is 2. The molecule has 1 fully saturated rings. The molecular weight excluding hydrogens is 267 g/mol. The van der Waals surface area contributed by atoms with Crippen LogP contribution in [0.15, 0.2) is 28.9 Å². The minimum atomic E-state index is -0.509. The molecule has 1 N–H and O–H groups in total. The first-order chi connectivity index (χ1) is 10.2. The van der Waals surface area contributed by atoms with E-state index < -0.39 is 5.82 Å². The Morgan fingerprint density at radius 2 is 2.00 bits per heavy atom. The predicted molar refractivity (Wildman–Crippen MR) is 78.4 cm³/mol. The van der Waals surface area contributed by atoms with Crippen LogP contribution in [0.2, 0.25) is 0 Å². The fourth-order valence-electron chi connectivity index (χ4n) is 3.59. The van der Waals surface area contributed by atoms with Crippen LogP contribution in [0.25, 0.3) is 5.57 Å². The number of halogens is 1. The Kier molecular flexibility index (Phi) is 3.74. The third-order valence-electron chi connectivity index (χ3n) is 4.59. The highest BCUT2D eigenvalue weighted by Crippen LogP contribution is 2.42. The SMILES string of the molecule is N#Cc1cc(C2=C(C3CCCC3)CCC2=NO)ccc1F. The summed E-state index contributed by atoms with van der Waals surface area (Å²) < 4.78 is 13.5. The smallest absolute Gasteiger partial charge is 0.140 e. The van der Waals surface area contributed by atoms with Crippen LogP contribution in [-0.2, 0) is 0 Å². The van der Waals surface area contributed by atoms with E-state index in [0.717, 1.165) is 24.0 Å². The Hall–Kier alpha value is -2.15. The fourth-order valence-corrected chi connectivity index (χ4v) is 3.59. The molecule has 0 radical (unpaired) electrons. The van der Waals surface area contributed by atoms with E-state index >= 15 is 0 Å². The monoisotopic (exact) mass is 284 g/mol. The third-order valence-corrected chi connectivity index (χ3v) is 4.59. The highest BCUT2D eigenvalue weighted by atomic mass is 19.1. The van der Waals surface area contributed by atoms with Crippen LogP contribution in [0.1, 0.15) is 49.7 Å². The lowest BCUT2D eigenvalue weighted by atomic mass is 9.90. The van der Waals surface area contributed by atoms with Crippen molar-refractivity contribution in [3.63, 3.8) is 0 Å². The number of oxime groups is 1. The van der Waals surface area contributed by atoms with Crippen LogP contribution in [0.5, 0.6) is 0 Å². The largest absolute Gasteiger partial charge is 0.411 e. The summed E-state index contributed by atoms with van der Waals surface area (Å²) in [5.41, 5.74) is 3.74. The van der Waals surface area contributed by atoms with Crippen LogP contribution in [0.3, 0.4) is 0 Å². The van der Waals surface area contributed by atoms with Gasteiger partial charge in [0.25, 0.3) is 0 Å². The summed E-state index contributed by atoms with van der Waals surface area (Å²) in [6.45, 7) is 0. The van der Waals surface area contributed by atoms with E-state index in [4.69, 9.17) is 5.26 Å². The summed E-state index contributed by atoms with van der Waals surface area (Å²) in [4.78, 5) is 0. The highest BCUT2D eigenvalue weighted by Gasteiger charge is 2.30. The van der Waals surface area contributed by atoms with Crippen molar-refractivity contribution >= 4 is 11.3 Å². The fraction of sp³-hybridized carbons (Fsp3) is 0.412. The predicted octanol–water partition coefficient (Wildman–Crippen LogP) is 4.27. The number of benzene rings is 1. The molecule has 0 atom stereocenters. The molecular formula is C17H17FN2O. The van der Waals surface area contributed by atoms with Gasteiger partial charge in [0.2, 0.25) is 0 Å². The zero-order chi connectivity index (χ0) is 14.8. The molecule has 2 aliphatic carbocycles. The molecule has 0 bridgehead atoms. The Balaban J connectivity index is 2.10. The zero-order valence-corrected chi connectivity index (χ0v) is 11.8. The number of nitriles is 1. The second kappa shape index (κ2) is 5.69. The summed E-state index contributed by atoms with van der Waals surface area (Å²) in [6, 6.07) is 6.44. The summed E-state index contributed by atoms with van der Waals surface area (Å²) >= 11 is 0. The van der Waals surface area contributed by atoms with E-state index in [1.807, 2.05) is 6.07 Å². The lowest BCUT2D eigenvalue weighted by molar-refractivity contribution is 0.319. The number of rotatable bonds is 2. The maximum atomic E-state index is 13.5. The van der Waals surface area contributed by atoms with Crippen molar-refractivity contribution in [1.29, 1.82) is 5.26 Å². The van der Waals surface area contributed by atoms with E-state index in [0.29, 0.717) is 11.6 Å². The first-order valence-electron chi connectivity index (χ1n) is 7.39. The van der Waals surface area contributed by atoms with E-state index in [1.54, 1.807) is 12.1 Å². The number of hydrogen-bond acceptors (Lipinski definition) is 3. The molecule has 0 spiro atoms. The van der Waals surface area contributed by atoms with Crippen LogP contribution in [-0.4, -0.2) is 10.9 Å². The van der Waals surface area contributed by atoms with E-state index in [1.165, 1.54) is 37.3 Å². The Bertz CT molecular complexity index is 664. The Labute approximate surface area is 123 Å². The van der Waals surface area contributed by atoms with Crippen molar-refractivity contribution in [3.05, 3.63) is 40.7 Å². The van der Waals surface area contributed by atoms with Gasteiger partial charge in [-0.1, -0.05) is 29.6 Å². The van der Waals surface area contributed by atoms with E-state index in [2.05, 4.69) is 5.16 Å². The van der Waals surface area contributed by atoms with E-state index in [9.17, 15) is 9.60 Å². The molecule has 108 valence electrons. The van der Waals surface area contributed by atoms with Crippen LogP contribution in [0.4, 0.5) is 4.39 Å². The van der Waals surface area contributed by atoms with Gasteiger partial charge in [-0.15, -0.1) is 0 Å². The minimum Gasteiger partial charge on any atom is -0.411 e. The molecule has 1 saturated carbocycles. The molecule has 0 saturated heterocycles. The molecule has 1 aromatic carbocycles. The van der Waals surface area contributed by atoms with Gasteiger partial charge in [-0.3, -0.25) is 0 Å². The normalized spacial score (nSPS) is 21.2. The average molecular weight is 284 g/mol. The summed E-state index contributed by atoms with van der Waals surface area (Å²) in [6.07, 6.45) is 6.43. The van der Waals surface area contributed by atoms with Gasteiger partial charge in [-0.25, -0.2) is 4.39 Å². The second-order valence-electron chi connectivity index (χ2n) is 5.73. The molecule has 4 heteroatoms. The molecule has 3 rings (SSSR count). The molecule has 0 heterocycles. The Morgan fingerprint density at radius 3 is 2.67 bits per heavy atom. The second-order valence-corrected chi connectivity index (χ2v) is 5.73. The van der Waals surface area contributed by atoms with Crippen molar-refractivity contribution in [2.75, 3.05) is 0 Å². The van der Waals surface area contributed by atoms with Gasteiger partial charge in [0.05, 0.1) is 11.3 Å². The van der Waals surface area contributed by atoms with Crippen molar-refractivity contribution < 1.29 is 9.60 Å². The summed E-state index contributed by atoms with van der Waals surface area (Å²) in [5, 5.41) is 21.7. The quantitative estimate of drug-likeness (QED) is 0.651. The molecule has 0 amide bonds. The summed E-state index contributed by atoms with van der Waals surface area (Å²) in [5.74, 6) is 0.0274. The molecule has 3 nitrogen and oxygen atoms in total. The molecule has 0 aromatic heterocycles. The Morgan fingerprint density at radius 1 is 1.24 bits per heavy atom. The number of allylic oxidation sites excluding steroid dienone is 2. The van der Waals surface area contributed by atoms with Crippen molar-refractivity contribution in [2.24, 2.45) is 11.1 Å². The first kappa shape index (κ1) is 13.8. The molecule has 1 aromatic rings.